The Morgan fingerprint density at radius 1 is 1.50 bits per heavy atom. The zero-order valence-electron chi connectivity index (χ0n) is 9.08. The molecule has 4 heteroatoms. The molecule has 0 saturated heterocycles. The van der Waals surface area contributed by atoms with Crippen LogP contribution in [-0.4, -0.2) is 36.9 Å². The van der Waals surface area contributed by atoms with Gasteiger partial charge in [0.25, 0.3) is 0 Å². The van der Waals surface area contributed by atoms with E-state index in [2.05, 4.69) is 5.32 Å². The second kappa shape index (κ2) is 8.97. The van der Waals surface area contributed by atoms with Gasteiger partial charge in [0.2, 0.25) is 0 Å². The van der Waals surface area contributed by atoms with Gasteiger partial charge >= 0.3 is 5.97 Å². The number of unbranched alkanes of at least 4 members (excludes halogenated alkanes) is 1. The van der Waals surface area contributed by atoms with Crippen LogP contribution in [0.5, 0.6) is 0 Å². The summed E-state index contributed by atoms with van der Waals surface area (Å²) in [6, 6.07) is 0. The van der Waals surface area contributed by atoms with Crippen molar-refractivity contribution in [1.29, 1.82) is 0 Å². The van der Waals surface area contributed by atoms with E-state index in [-0.39, 0.29) is 12.5 Å². The van der Waals surface area contributed by atoms with Crippen molar-refractivity contribution in [2.45, 2.75) is 39.2 Å². The normalized spacial score (nSPS) is 12.7. The third-order valence-corrected chi connectivity index (χ3v) is 1.88. The molecule has 0 spiro atoms. The second-order valence-corrected chi connectivity index (χ2v) is 3.32. The monoisotopic (exact) mass is 203 g/mol. The smallest absolute Gasteiger partial charge is 0.303 e. The SMILES string of the molecule is CCOC(C)CNCCCCC(=O)O. The molecule has 14 heavy (non-hydrogen) atoms. The van der Waals surface area contributed by atoms with Crippen LogP contribution < -0.4 is 5.32 Å². The van der Waals surface area contributed by atoms with Crippen LogP contribution >= 0.6 is 0 Å². The number of carboxylic acids is 1. The summed E-state index contributed by atoms with van der Waals surface area (Å²) in [6.45, 7) is 6.44. The van der Waals surface area contributed by atoms with Crippen molar-refractivity contribution in [3.8, 4) is 0 Å². The highest BCUT2D eigenvalue weighted by Gasteiger charge is 1.99. The van der Waals surface area contributed by atoms with Crippen molar-refractivity contribution in [3.63, 3.8) is 0 Å². The summed E-state index contributed by atoms with van der Waals surface area (Å²) in [7, 11) is 0. The number of hydrogen-bond donors (Lipinski definition) is 2. The molecule has 0 fully saturated rings. The molecule has 0 rings (SSSR count). The predicted molar refractivity (Wildman–Crippen MR) is 55.4 cm³/mol. The Hall–Kier alpha value is -0.610. The summed E-state index contributed by atoms with van der Waals surface area (Å²) in [5.41, 5.74) is 0. The fraction of sp³-hybridized carbons (Fsp3) is 0.900. The van der Waals surface area contributed by atoms with E-state index in [9.17, 15) is 4.79 Å². The molecule has 0 aromatic carbocycles. The molecular formula is C10H21NO3. The fourth-order valence-corrected chi connectivity index (χ4v) is 1.17. The number of carboxylic acid groups (broad SMARTS) is 1. The molecule has 0 aromatic rings. The maximum atomic E-state index is 10.2. The molecule has 0 aliphatic carbocycles. The van der Waals surface area contributed by atoms with Crippen LogP contribution in [0.4, 0.5) is 0 Å². The summed E-state index contributed by atoms with van der Waals surface area (Å²) < 4.78 is 5.33. The minimum absolute atomic E-state index is 0.236. The molecule has 2 N–H and O–H groups in total. The molecular weight excluding hydrogens is 182 g/mol. The molecule has 1 atom stereocenters. The first kappa shape index (κ1) is 13.4. The zero-order valence-corrected chi connectivity index (χ0v) is 9.08. The molecule has 0 bridgehead atoms. The van der Waals surface area contributed by atoms with Crippen LogP contribution in [0.15, 0.2) is 0 Å². The number of aliphatic carboxylic acids is 1. The minimum Gasteiger partial charge on any atom is -0.481 e. The standard InChI is InChI=1S/C10H21NO3/c1-3-14-9(2)8-11-7-5-4-6-10(12)13/h9,11H,3-8H2,1-2H3,(H,12,13). The second-order valence-electron chi connectivity index (χ2n) is 3.32. The molecule has 0 aliphatic heterocycles. The first-order chi connectivity index (χ1) is 6.66. The molecule has 0 saturated carbocycles. The van der Waals surface area contributed by atoms with E-state index >= 15 is 0 Å². The Labute approximate surface area is 85.6 Å². The molecule has 84 valence electrons. The van der Waals surface area contributed by atoms with Gasteiger partial charge in [0, 0.05) is 19.6 Å². The van der Waals surface area contributed by atoms with Crippen molar-refractivity contribution < 1.29 is 14.6 Å². The van der Waals surface area contributed by atoms with E-state index in [1.165, 1.54) is 0 Å². The number of ether oxygens (including phenoxy) is 1. The third kappa shape index (κ3) is 9.48. The van der Waals surface area contributed by atoms with Crippen LogP contribution in [0.2, 0.25) is 0 Å². The maximum absolute atomic E-state index is 10.2. The lowest BCUT2D eigenvalue weighted by atomic mass is 10.2. The summed E-state index contributed by atoms with van der Waals surface area (Å²) >= 11 is 0. The minimum atomic E-state index is -0.715. The van der Waals surface area contributed by atoms with Gasteiger partial charge in [0.05, 0.1) is 6.10 Å². The number of rotatable bonds is 9. The van der Waals surface area contributed by atoms with Crippen molar-refractivity contribution >= 4 is 5.97 Å². The maximum Gasteiger partial charge on any atom is 0.303 e. The molecule has 4 nitrogen and oxygen atoms in total. The van der Waals surface area contributed by atoms with E-state index in [0.29, 0.717) is 0 Å². The third-order valence-electron chi connectivity index (χ3n) is 1.88. The quantitative estimate of drug-likeness (QED) is 0.554. The van der Waals surface area contributed by atoms with Crippen LogP contribution in [-0.2, 0) is 9.53 Å². The van der Waals surface area contributed by atoms with Gasteiger partial charge in [-0.15, -0.1) is 0 Å². The van der Waals surface area contributed by atoms with Crippen LogP contribution in [0.3, 0.4) is 0 Å². The molecule has 0 aliphatic rings. The van der Waals surface area contributed by atoms with Gasteiger partial charge < -0.3 is 15.2 Å². The summed E-state index contributed by atoms with van der Waals surface area (Å²) in [4.78, 5) is 10.2. The highest BCUT2D eigenvalue weighted by molar-refractivity contribution is 5.66. The van der Waals surface area contributed by atoms with Crippen LogP contribution in [0.1, 0.15) is 33.1 Å². The Kier molecular flexibility index (Phi) is 8.57. The van der Waals surface area contributed by atoms with Crippen LogP contribution in [0, 0.1) is 0 Å². The molecule has 0 amide bonds. The Morgan fingerprint density at radius 3 is 2.79 bits per heavy atom. The number of nitrogens with one attached hydrogen (secondary N) is 1. The van der Waals surface area contributed by atoms with Gasteiger partial charge in [-0.25, -0.2) is 0 Å². The number of carbonyl (C=O) groups is 1. The molecule has 0 radical (unpaired) electrons. The van der Waals surface area contributed by atoms with Gasteiger partial charge in [-0.3, -0.25) is 4.79 Å². The lowest BCUT2D eigenvalue weighted by Crippen LogP contribution is -2.27. The van der Waals surface area contributed by atoms with Crippen molar-refractivity contribution in [3.05, 3.63) is 0 Å². The first-order valence-corrected chi connectivity index (χ1v) is 5.21. The largest absolute Gasteiger partial charge is 0.481 e. The van der Waals surface area contributed by atoms with Crippen LogP contribution in [0.25, 0.3) is 0 Å². The van der Waals surface area contributed by atoms with Gasteiger partial charge in [-0.05, 0) is 33.2 Å². The summed E-state index contributed by atoms with van der Waals surface area (Å²) in [5.74, 6) is -0.715. The lowest BCUT2D eigenvalue weighted by molar-refractivity contribution is -0.137. The molecule has 0 aromatic heterocycles. The molecule has 1 unspecified atom stereocenters. The number of hydrogen-bond acceptors (Lipinski definition) is 3. The van der Waals surface area contributed by atoms with Gasteiger partial charge in [-0.2, -0.15) is 0 Å². The molecule has 0 heterocycles. The predicted octanol–water partition coefficient (Wildman–Crippen LogP) is 1.26. The van der Waals surface area contributed by atoms with E-state index < -0.39 is 5.97 Å². The average molecular weight is 203 g/mol. The van der Waals surface area contributed by atoms with E-state index in [0.717, 1.165) is 32.5 Å². The van der Waals surface area contributed by atoms with Gasteiger partial charge in [0.15, 0.2) is 0 Å². The van der Waals surface area contributed by atoms with E-state index in [1.807, 2.05) is 13.8 Å². The zero-order chi connectivity index (χ0) is 10.8. The van der Waals surface area contributed by atoms with Crippen molar-refractivity contribution in [2.75, 3.05) is 19.7 Å². The summed E-state index contributed by atoms with van der Waals surface area (Å²) in [6.07, 6.45) is 2.15. The van der Waals surface area contributed by atoms with Gasteiger partial charge in [0.1, 0.15) is 0 Å². The fourth-order valence-electron chi connectivity index (χ4n) is 1.17. The average Bonchev–Trinajstić information content (AvgIpc) is 2.11. The topological polar surface area (TPSA) is 58.6 Å². The first-order valence-electron chi connectivity index (χ1n) is 5.21. The highest BCUT2D eigenvalue weighted by Crippen LogP contribution is 1.94. The van der Waals surface area contributed by atoms with Crippen molar-refractivity contribution in [1.82, 2.24) is 5.32 Å². The van der Waals surface area contributed by atoms with Gasteiger partial charge in [-0.1, -0.05) is 0 Å². The summed E-state index contributed by atoms with van der Waals surface area (Å²) in [5, 5.41) is 11.6. The Bertz CT molecular complexity index is 150. The van der Waals surface area contributed by atoms with Crippen molar-refractivity contribution in [2.24, 2.45) is 0 Å². The Morgan fingerprint density at radius 2 is 2.21 bits per heavy atom. The van der Waals surface area contributed by atoms with E-state index in [1.54, 1.807) is 0 Å². The lowest BCUT2D eigenvalue weighted by Gasteiger charge is -2.12. The Balaban J connectivity index is 3.09. The van der Waals surface area contributed by atoms with E-state index in [4.69, 9.17) is 9.84 Å². The highest BCUT2D eigenvalue weighted by atomic mass is 16.5.